The fourth-order valence-corrected chi connectivity index (χ4v) is 14.3. The summed E-state index contributed by atoms with van der Waals surface area (Å²) >= 11 is 0. The Labute approximate surface area is 572 Å². The minimum absolute atomic E-state index is 0. The number of rotatable bonds is 26. The van der Waals surface area contributed by atoms with E-state index in [1.54, 1.807) is 291 Å². The van der Waals surface area contributed by atoms with E-state index in [2.05, 4.69) is 0 Å². The summed E-state index contributed by atoms with van der Waals surface area (Å²) < 4.78 is 123. The predicted octanol–water partition coefficient (Wildman–Crippen LogP) is 22.9. The molecule has 3 atom stereocenters. The van der Waals surface area contributed by atoms with Crippen molar-refractivity contribution in [3.05, 3.63) is 328 Å². The van der Waals surface area contributed by atoms with E-state index in [-0.39, 0.29) is 45.7 Å². The van der Waals surface area contributed by atoms with Gasteiger partial charge in [-0.1, -0.05) is 224 Å². The molecule has 0 aliphatic rings. The summed E-state index contributed by atoms with van der Waals surface area (Å²) in [6.07, 6.45) is 0. The highest BCUT2D eigenvalue weighted by atomic mass is 31.2. The molecule has 3 unspecified atom stereocenters. The van der Waals surface area contributed by atoms with Gasteiger partial charge in [0.05, 0.1) is 5.30 Å². The van der Waals surface area contributed by atoms with Gasteiger partial charge in [-0.2, -0.15) is 13.7 Å². The average Bonchev–Trinajstić information content (AvgIpc) is 0.820. The maximum atomic E-state index is 14.6. The maximum Gasteiger partial charge on any atom is 0.647 e. The van der Waals surface area contributed by atoms with Crippen molar-refractivity contribution < 1.29 is 73.5 Å². The van der Waals surface area contributed by atoms with Gasteiger partial charge in [-0.25, -0.2) is 4.57 Å². The van der Waals surface area contributed by atoms with Crippen LogP contribution >= 0.6 is 31.1 Å². The first-order valence-electron chi connectivity index (χ1n) is 31.3. The largest absolute Gasteiger partial charge is 0.647 e. The SMILES string of the molecule is CC.CC.CC.O.O=P(Oc1ccccc1)(Oc1ccccc1)Oc1ccc(-c2ccc(OP(=O)(Oc3ccccc3)Oc3ccc(-c4ccc(OP(=O)(Oc5ccccc5)Oc5ccc(-c6ccc(OP(=O)(Oc7ccccc7)c7ccccc7)cc6)cc5)cc4)cc3)cc2)cc1. The summed E-state index contributed by atoms with van der Waals surface area (Å²) in [7, 11) is -16.8. The summed E-state index contributed by atoms with van der Waals surface area (Å²) in [5, 5.41) is 0.409. The van der Waals surface area contributed by atoms with E-state index in [9.17, 15) is 18.3 Å². The van der Waals surface area contributed by atoms with Gasteiger partial charge in [-0.15, -0.1) is 0 Å². The van der Waals surface area contributed by atoms with Crippen molar-refractivity contribution in [2.75, 3.05) is 0 Å². The lowest BCUT2D eigenvalue weighted by molar-refractivity contribution is 0.296. The molecule has 12 rings (SSSR count). The van der Waals surface area contributed by atoms with Crippen molar-refractivity contribution in [2.24, 2.45) is 0 Å². The van der Waals surface area contributed by atoms with Crippen molar-refractivity contribution >= 4 is 36.4 Å². The van der Waals surface area contributed by atoms with Gasteiger partial charge in [0.15, 0.2) is 0 Å². The fourth-order valence-electron chi connectivity index (χ4n) is 9.00. The van der Waals surface area contributed by atoms with Crippen molar-refractivity contribution in [3.8, 4) is 96.6 Å². The van der Waals surface area contributed by atoms with Gasteiger partial charge in [-0.3, -0.25) is 0 Å². The Hall–Kier alpha value is -10.7. The van der Waals surface area contributed by atoms with Crippen LogP contribution < -0.4 is 55.1 Å². The molecular weight excluding hydrogens is 1320 g/mol. The first kappa shape index (κ1) is 73.1. The Bertz CT molecular complexity index is 4470. The third-order valence-electron chi connectivity index (χ3n) is 13.3. The second-order valence-electron chi connectivity index (χ2n) is 19.9. The zero-order valence-corrected chi connectivity index (χ0v) is 58.2. The van der Waals surface area contributed by atoms with E-state index in [4.69, 9.17) is 49.8 Å². The molecule has 0 saturated heterocycles. The molecular formula is C78H74O16P4. The number of para-hydroxylation sites is 5. The zero-order chi connectivity index (χ0) is 68.4. The van der Waals surface area contributed by atoms with E-state index >= 15 is 0 Å². The molecule has 0 heterocycles. The predicted molar refractivity (Wildman–Crippen MR) is 389 cm³/mol. The number of hydrogen-bond donors (Lipinski definition) is 0. The second kappa shape index (κ2) is 35.9. The highest BCUT2D eigenvalue weighted by Crippen LogP contribution is 2.54. The van der Waals surface area contributed by atoms with Crippen LogP contribution in [0.15, 0.2) is 328 Å². The van der Waals surface area contributed by atoms with Crippen molar-refractivity contribution in [1.82, 2.24) is 0 Å². The summed E-state index contributed by atoms with van der Waals surface area (Å²) in [6.45, 7) is 12.0. The Morgan fingerprint density at radius 3 is 0.480 bits per heavy atom. The number of phosphoric ester groups is 3. The van der Waals surface area contributed by atoms with Crippen LogP contribution in [0.5, 0.6) is 63.2 Å². The van der Waals surface area contributed by atoms with Gasteiger partial charge in [0.1, 0.15) is 63.2 Å². The number of phosphoric acid groups is 3. The quantitative estimate of drug-likeness (QED) is 0.0463. The van der Waals surface area contributed by atoms with E-state index in [0.717, 1.165) is 33.4 Å². The maximum absolute atomic E-state index is 14.6. The van der Waals surface area contributed by atoms with Crippen LogP contribution in [0.4, 0.5) is 0 Å². The molecule has 12 aromatic carbocycles. The third-order valence-corrected chi connectivity index (χ3v) is 19.1. The van der Waals surface area contributed by atoms with Crippen LogP contribution in [0.1, 0.15) is 41.5 Å². The van der Waals surface area contributed by atoms with Gasteiger partial charge in [-0.05, 0) is 179 Å². The van der Waals surface area contributed by atoms with Gasteiger partial charge in [0.25, 0.3) is 0 Å². The van der Waals surface area contributed by atoms with Crippen LogP contribution in [0.3, 0.4) is 0 Å². The summed E-state index contributed by atoms with van der Waals surface area (Å²) in [5.74, 6) is 2.97. The summed E-state index contributed by atoms with van der Waals surface area (Å²) in [6, 6.07) is 93.4. The van der Waals surface area contributed by atoms with E-state index < -0.39 is 31.1 Å². The van der Waals surface area contributed by atoms with Crippen molar-refractivity contribution in [2.45, 2.75) is 41.5 Å². The molecule has 20 heteroatoms. The molecule has 2 N–H and O–H groups in total. The highest BCUT2D eigenvalue weighted by molar-refractivity contribution is 7.63. The molecule has 0 amide bonds. The smallest absolute Gasteiger partial charge is 0.413 e. The van der Waals surface area contributed by atoms with Crippen LogP contribution in [-0.2, 0) is 18.3 Å². The van der Waals surface area contributed by atoms with Crippen LogP contribution in [-0.4, -0.2) is 5.48 Å². The first-order chi connectivity index (χ1) is 47.4. The molecule has 0 radical (unpaired) electrons. The lowest BCUT2D eigenvalue weighted by Gasteiger charge is -2.20. The molecule has 0 spiro atoms. The second-order valence-corrected chi connectivity index (χ2v) is 26.1. The Morgan fingerprint density at radius 1 is 0.173 bits per heavy atom. The van der Waals surface area contributed by atoms with Gasteiger partial charge in [0.2, 0.25) is 0 Å². The van der Waals surface area contributed by atoms with Gasteiger partial charge in [0, 0.05) is 0 Å². The first-order valence-corrected chi connectivity index (χ1v) is 37.3. The number of hydrogen-bond acceptors (Lipinski definition) is 15. The summed E-state index contributed by atoms with van der Waals surface area (Å²) in [4.78, 5) is 0. The van der Waals surface area contributed by atoms with Crippen LogP contribution in [0, 0.1) is 0 Å². The molecule has 0 aliphatic heterocycles. The Balaban J connectivity index is 0.00000170. The highest BCUT2D eigenvalue weighted by Gasteiger charge is 2.36. The Kier molecular flexibility index (Phi) is 26.8. The zero-order valence-electron chi connectivity index (χ0n) is 54.6. The minimum Gasteiger partial charge on any atom is -0.413 e. The topological polar surface area (TPSA) is 201 Å². The molecule has 0 saturated carbocycles. The minimum atomic E-state index is -4.41. The van der Waals surface area contributed by atoms with E-state index in [0.29, 0.717) is 28.3 Å². The van der Waals surface area contributed by atoms with E-state index in [1.807, 2.05) is 77.9 Å². The average molecular weight is 1390 g/mol. The molecule has 12 aromatic rings. The Morgan fingerprint density at radius 2 is 0.306 bits per heavy atom. The lowest BCUT2D eigenvalue weighted by Crippen LogP contribution is -2.14. The monoisotopic (exact) mass is 1390 g/mol. The standard InChI is InChI=1S/C72H54O15P4.3C2H6.H2O/c73-88(72-29-17-6-18-30-72,77-61-19-7-1-8-20-61)78-66-43-31-55(32-44-66)56-33-47-68(48-34-56)84-90(75,81-64-25-13-4-14-26-64)85-70-51-39-59(40-52-70)60-41-53-71(54-42-60)87-91(76,82-65-27-15-5-16-28-65)86-69-49-37-58(38-50-69)57-35-45-67(46-36-57)83-89(74,79-62-21-9-2-10-22-62)80-63-23-11-3-12-24-63;3*1-2;/h1-54H;3*1-2H3;1H2. The lowest BCUT2D eigenvalue weighted by atomic mass is 10.1. The number of benzene rings is 12. The molecule has 0 bridgehead atoms. The molecule has 0 aliphatic carbocycles. The molecule has 502 valence electrons. The molecule has 0 aromatic heterocycles. The molecule has 16 nitrogen and oxygen atoms in total. The fraction of sp³-hybridized carbons (Fsp3) is 0.0769. The van der Waals surface area contributed by atoms with Crippen molar-refractivity contribution in [1.29, 1.82) is 0 Å². The van der Waals surface area contributed by atoms with E-state index in [1.165, 1.54) is 0 Å². The summed E-state index contributed by atoms with van der Waals surface area (Å²) in [5.41, 5.74) is 4.70. The molecule has 0 fully saturated rings. The van der Waals surface area contributed by atoms with Crippen molar-refractivity contribution in [3.63, 3.8) is 0 Å². The molecule has 98 heavy (non-hydrogen) atoms. The van der Waals surface area contributed by atoms with Crippen LogP contribution in [0.2, 0.25) is 0 Å². The van der Waals surface area contributed by atoms with Gasteiger partial charge >= 0.3 is 31.1 Å². The third kappa shape index (κ3) is 20.9. The normalized spacial score (nSPS) is 12.3. The van der Waals surface area contributed by atoms with Crippen LogP contribution in [0.25, 0.3) is 33.4 Å². The van der Waals surface area contributed by atoms with Gasteiger partial charge < -0.3 is 55.2 Å².